The fourth-order valence-electron chi connectivity index (χ4n) is 2.73. The quantitative estimate of drug-likeness (QED) is 0.370. The van der Waals surface area contributed by atoms with Gasteiger partial charge in [0.15, 0.2) is 0 Å². The number of aromatic nitrogens is 3. The van der Waals surface area contributed by atoms with Crippen LogP contribution in [0.1, 0.15) is 32.1 Å². The lowest BCUT2D eigenvalue weighted by atomic mass is 9.99. The number of halogens is 5. The predicted molar refractivity (Wildman–Crippen MR) is 71.7 cm³/mol. The number of hydrogen-bond acceptors (Lipinski definition) is 2. The van der Waals surface area contributed by atoms with Crippen LogP contribution < -0.4 is 4.57 Å². The zero-order valence-corrected chi connectivity index (χ0v) is 13.0. The van der Waals surface area contributed by atoms with Gasteiger partial charge >= 0.3 is 5.82 Å². The number of ether oxygens (including phenoxy) is 1. The lowest BCUT2D eigenvalue weighted by Crippen LogP contribution is -2.50. The SMILES string of the molecule is CCC(C)C1COCc2nn(-c3c(F)c(F)c(F)c(F)c3F)c[n+]21. The van der Waals surface area contributed by atoms with E-state index < -0.39 is 34.8 Å². The van der Waals surface area contributed by atoms with Gasteiger partial charge < -0.3 is 4.74 Å². The second-order valence-corrected chi connectivity index (χ2v) is 5.77. The third kappa shape index (κ3) is 2.47. The van der Waals surface area contributed by atoms with Gasteiger partial charge in [0.25, 0.3) is 0 Å². The number of benzene rings is 1. The highest BCUT2D eigenvalue weighted by atomic mass is 19.2. The van der Waals surface area contributed by atoms with E-state index in [-0.39, 0.29) is 18.6 Å². The Morgan fingerprint density at radius 1 is 1.17 bits per heavy atom. The highest BCUT2D eigenvalue weighted by Gasteiger charge is 2.36. The van der Waals surface area contributed by atoms with Crippen molar-refractivity contribution in [3.05, 3.63) is 41.2 Å². The van der Waals surface area contributed by atoms with Crippen molar-refractivity contribution < 1.29 is 31.3 Å². The van der Waals surface area contributed by atoms with Gasteiger partial charge in [0.05, 0.1) is 6.61 Å². The van der Waals surface area contributed by atoms with Crippen molar-refractivity contribution in [3.8, 4) is 5.69 Å². The third-order valence-electron chi connectivity index (χ3n) is 4.35. The van der Waals surface area contributed by atoms with Gasteiger partial charge in [0, 0.05) is 5.10 Å². The number of rotatable bonds is 3. The molecule has 1 aromatic heterocycles. The van der Waals surface area contributed by atoms with Gasteiger partial charge in [0.1, 0.15) is 12.6 Å². The third-order valence-corrected chi connectivity index (χ3v) is 4.35. The molecule has 0 amide bonds. The molecular weight excluding hydrogens is 333 g/mol. The molecule has 130 valence electrons. The van der Waals surface area contributed by atoms with E-state index in [0.29, 0.717) is 17.1 Å². The van der Waals surface area contributed by atoms with Crippen LogP contribution in [-0.2, 0) is 11.3 Å². The van der Waals surface area contributed by atoms with E-state index in [1.807, 2.05) is 13.8 Å². The van der Waals surface area contributed by atoms with E-state index >= 15 is 0 Å². The molecule has 24 heavy (non-hydrogen) atoms. The Morgan fingerprint density at radius 3 is 2.33 bits per heavy atom. The van der Waals surface area contributed by atoms with Gasteiger partial charge in [-0.3, -0.25) is 0 Å². The molecule has 1 aliphatic heterocycles. The summed E-state index contributed by atoms with van der Waals surface area (Å²) in [7, 11) is 0. The van der Waals surface area contributed by atoms with Crippen LogP contribution in [0.15, 0.2) is 6.33 Å². The maximum atomic E-state index is 14.0. The molecule has 0 aliphatic carbocycles. The van der Waals surface area contributed by atoms with Gasteiger partial charge in [-0.2, -0.15) is 8.78 Å². The topological polar surface area (TPSA) is 30.9 Å². The molecule has 0 bridgehead atoms. The number of hydrogen-bond donors (Lipinski definition) is 0. The van der Waals surface area contributed by atoms with Gasteiger partial charge in [-0.05, 0) is 5.92 Å². The first-order valence-electron chi connectivity index (χ1n) is 7.46. The molecule has 2 atom stereocenters. The summed E-state index contributed by atoms with van der Waals surface area (Å²) < 4.78 is 75.6. The maximum Gasteiger partial charge on any atom is 0.304 e. The Morgan fingerprint density at radius 2 is 1.75 bits per heavy atom. The van der Waals surface area contributed by atoms with Crippen LogP contribution in [-0.4, -0.2) is 16.4 Å². The molecule has 2 aromatic rings. The molecule has 1 aliphatic rings. The van der Waals surface area contributed by atoms with E-state index in [1.54, 1.807) is 4.57 Å². The fourth-order valence-corrected chi connectivity index (χ4v) is 2.73. The molecule has 0 radical (unpaired) electrons. The molecule has 2 unspecified atom stereocenters. The largest absolute Gasteiger partial charge is 0.367 e. The Labute approximate surface area is 134 Å². The van der Waals surface area contributed by atoms with Gasteiger partial charge in [0.2, 0.25) is 41.1 Å². The lowest BCUT2D eigenvalue weighted by molar-refractivity contribution is -0.749. The highest BCUT2D eigenvalue weighted by Crippen LogP contribution is 2.26. The minimum absolute atomic E-state index is 0.0926. The van der Waals surface area contributed by atoms with E-state index in [4.69, 9.17) is 4.74 Å². The molecule has 0 N–H and O–H groups in total. The van der Waals surface area contributed by atoms with Crippen molar-refractivity contribution >= 4 is 0 Å². The van der Waals surface area contributed by atoms with Gasteiger partial charge in [-0.1, -0.05) is 25.0 Å². The Balaban J connectivity index is 2.15. The van der Waals surface area contributed by atoms with Crippen molar-refractivity contribution in [2.75, 3.05) is 6.61 Å². The summed E-state index contributed by atoms with van der Waals surface area (Å²) >= 11 is 0. The Kier molecular flexibility index (Phi) is 4.29. The van der Waals surface area contributed by atoms with Crippen LogP contribution in [0.4, 0.5) is 22.0 Å². The highest BCUT2D eigenvalue weighted by molar-refractivity contribution is 5.36. The minimum atomic E-state index is -2.20. The van der Waals surface area contributed by atoms with Crippen LogP contribution in [0, 0.1) is 35.0 Å². The summed E-state index contributed by atoms with van der Waals surface area (Å²) in [5.41, 5.74) is -1.10. The predicted octanol–water partition coefficient (Wildman–Crippen LogP) is 2.97. The summed E-state index contributed by atoms with van der Waals surface area (Å²) in [4.78, 5) is 0. The molecule has 9 heteroatoms. The number of fused-ring (bicyclic) bond motifs is 1. The summed E-state index contributed by atoms with van der Waals surface area (Å²) in [5, 5.41) is 3.94. The van der Waals surface area contributed by atoms with E-state index in [0.717, 1.165) is 6.42 Å². The molecule has 4 nitrogen and oxygen atoms in total. The molecule has 3 rings (SSSR count). The van der Waals surface area contributed by atoms with E-state index in [1.165, 1.54) is 6.33 Å². The average Bonchev–Trinajstić information content (AvgIpc) is 3.01. The molecule has 0 saturated carbocycles. The second-order valence-electron chi connectivity index (χ2n) is 5.77. The second kappa shape index (κ2) is 6.12. The van der Waals surface area contributed by atoms with Crippen LogP contribution in [0.2, 0.25) is 0 Å². The zero-order chi connectivity index (χ0) is 17.6. The van der Waals surface area contributed by atoms with Crippen LogP contribution in [0.5, 0.6) is 0 Å². The van der Waals surface area contributed by atoms with Crippen molar-refractivity contribution in [2.45, 2.75) is 32.9 Å². The standard InChI is InChI=1S/C15H15F5N3O/c1-3-7(2)8-4-24-5-9-21-23(6-22(8)9)15-13(19)11(17)10(16)12(18)14(15)20/h6-8H,3-5H2,1-2H3/q+1. The first kappa shape index (κ1) is 16.8. The normalized spacial score (nSPS) is 18.5. The molecule has 1 aromatic carbocycles. The number of nitrogens with zero attached hydrogens (tertiary/aromatic N) is 3. The summed E-state index contributed by atoms with van der Waals surface area (Å²) in [5.74, 6) is -9.51. The van der Waals surface area contributed by atoms with Crippen LogP contribution in [0.3, 0.4) is 0 Å². The zero-order valence-electron chi connectivity index (χ0n) is 13.0. The van der Waals surface area contributed by atoms with Crippen molar-refractivity contribution in [1.82, 2.24) is 9.78 Å². The van der Waals surface area contributed by atoms with E-state index in [2.05, 4.69) is 5.10 Å². The summed E-state index contributed by atoms with van der Waals surface area (Å²) in [6.45, 7) is 4.44. The molecular formula is C15H15F5N3O+. The lowest BCUT2D eigenvalue weighted by Gasteiger charge is -2.24. The van der Waals surface area contributed by atoms with Crippen molar-refractivity contribution in [2.24, 2.45) is 5.92 Å². The van der Waals surface area contributed by atoms with Crippen molar-refractivity contribution in [1.29, 1.82) is 0 Å². The van der Waals surface area contributed by atoms with Crippen LogP contribution >= 0.6 is 0 Å². The summed E-state index contributed by atoms with van der Waals surface area (Å²) in [6.07, 6.45) is 2.07. The van der Waals surface area contributed by atoms with Gasteiger partial charge in [-0.15, -0.1) is 0 Å². The van der Waals surface area contributed by atoms with Crippen molar-refractivity contribution in [3.63, 3.8) is 0 Å². The molecule has 0 fully saturated rings. The maximum absolute atomic E-state index is 14.0. The fraction of sp³-hybridized carbons (Fsp3) is 0.467. The molecule has 0 spiro atoms. The Bertz CT molecular complexity index is 763. The summed E-state index contributed by atoms with van der Waals surface area (Å²) in [6, 6.07) is -0.131. The van der Waals surface area contributed by atoms with Crippen LogP contribution in [0.25, 0.3) is 5.69 Å². The van der Waals surface area contributed by atoms with Gasteiger partial charge in [-0.25, -0.2) is 17.7 Å². The van der Waals surface area contributed by atoms with E-state index in [9.17, 15) is 22.0 Å². The molecule has 2 heterocycles. The monoisotopic (exact) mass is 348 g/mol. The molecule has 0 saturated heterocycles. The first-order chi connectivity index (χ1) is 11.4. The smallest absolute Gasteiger partial charge is 0.304 e. The minimum Gasteiger partial charge on any atom is -0.367 e. The first-order valence-corrected chi connectivity index (χ1v) is 7.46. The average molecular weight is 348 g/mol. The Hall–Kier alpha value is -2.03.